The summed E-state index contributed by atoms with van der Waals surface area (Å²) in [6, 6.07) is 0. The number of ether oxygens (including phenoxy) is 2. The minimum atomic E-state index is -0.607. The van der Waals surface area contributed by atoms with Crippen molar-refractivity contribution in [3.63, 3.8) is 0 Å². The summed E-state index contributed by atoms with van der Waals surface area (Å²) in [4.78, 5) is 9.79. The number of hydrogen-bond donors (Lipinski definition) is 2. The molecule has 0 spiro atoms. The largest absolute Gasteiger partial charge is 0.476 e. The molecule has 0 fully saturated rings. The molecule has 0 aliphatic carbocycles. The zero-order chi connectivity index (χ0) is 13.5. The van der Waals surface area contributed by atoms with E-state index in [-0.39, 0.29) is 6.61 Å². The molecule has 1 unspecified atom stereocenters. The average molecular weight is 256 g/mol. The number of methoxy groups -OCH3 is 1. The number of aliphatic hydroxyl groups excluding tert-OH is 1. The zero-order valence-corrected chi connectivity index (χ0v) is 11.0. The molecule has 0 radical (unpaired) electrons. The number of nitrogen functional groups attached to an aromatic ring is 1. The number of anilines is 2. The highest BCUT2D eigenvalue weighted by molar-refractivity contribution is 5.67. The molecule has 18 heavy (non-hydrogen) atoms. The molecular formula is C11H20N4O3. The SMILES string of the molecule is CCOc1ncnc(N(C)CC(O)COC)c1N. The monoisotopic (exact) mass is 256 g/mol. The molecule has 0 amide bonds. The number of nitrogens with two attached hydrogens (primary N) is 1. The molecular weight excluding hydrogens is 236 g/mol. The van der Waals surface area contributed by atoms with Gasteiger partial charge in [0, 0.05) is 20.7 Å². The first-order valence-electron chi connectivity index (χ1n) is 5.71. The Labute approximate surface area is 107 Å². The van der Waals surface area contributed by atoms with Crippen LogP contribution < -0.4 is 15.4 Å². The van der Waals surface area contributed by atoms with Crippen molar-refractivity contribution in [1.29, 1.82) is 0 Å². The van der Waals surface area contributed by atoms with Gasteiger partial charge in [-0.15, -0.1) is 0 Å². The Morgan fingerprint density at radius 3 is 2.83 bits per heavy atom. The van der Waals surface area contributed by atoms with Gasteiger partial charge in [0.15, 0.2) is 5.82 Å². The van der Waals surface area contributed by atoms with Gasteiger partial charge in [-0.2, -0.15) is 4.98 Å². The number of aromatic nitrogens is 2. The summed E-state index contributed by atoms with van der Waals surface area (Å²) in [5, 5.41) is 9.66. The van der Waals surface area contributed by atoms with E-state index in [4.69, 9.17) is 15.2 Å². The average Bonchev–Trinajstić information content (AvgIpc) is 2.32. The van der Waals surface area contributed by atoms with E-state index < -0.39 is 6.10 Å². The predicted octanol–water partition coefficient (Wildman–Crippen LogP) is -0.0990. The highest BCUT2D eigenvalue weighted by Crippen LogP contribution is 2.26. The van der Waals surface area contributed by atoms with Crippen molar-refractivity contribution >= 4 is 11.5 Å². The van der Waals surface area contributed by atoms with Gasteiger partial charge in [0.05, 0.1) is 19.3 Å². The van der Waals surface area contributed by atoms with Crippen LogP contribution in [0.4, 0.5) is 11.5 Å². The van der Waals surface area contributed by atoms with Gasteiger partial charge in [0.25, 0.3) is 0 Å². The van der Waals surface area contributed by atoms with Crippen LogP contribution in [0.1, 0.15) is 6.92 Å². The van der Waals surface area contributed by atoms with E-state index in [2.05, 4.69) is 9.97 Å². The molecule has 0 aliphatic heterocycles. The van der Waals surface area contributed by atoms with E-state index in [0.717, 1.165) is 0 Å². The molecule has 1 aromatic heterocycles. The number of likely N-dealkylation sites (N-methyl/N-ethyl adjacent to an activating group) is 1. The number of rotatable bonds is 7. The van der Waals surface area contributed by atoms with Gasteiger partial charge in [-0.1, -0.05) is 0 Å². The first-order chi connectivity index (χ1) is 8.60. The van der Waals surface area contributed by atoms with E-state index in [9.17, 15) is 5.11 Å². The number of hydrogen-bond acceptors (Lipinski definition) is 7. The predicted molar refractivity (Wildman–Crippen MR) is 68.8 cm³/mol. The van der Waals surface area contributed by atoms with Gasteiger partial charge >= 0.3 is 0 Å². The molecule has 0 aromatic carbocycles. The van der Waals surface area contributed by atoms with Gasteiger partial charge in [0.2, 0.25) is 5.88 Å². The lowest BCUT2D eigenvalue weighted by molar-refractivity contribution is 0.0694. The van der Waals surface area contributed by atoms with Crippen molar-refractivity contribution < 1.29 is 14.6 Å². The summed E-state index contributed by atoms with van der Waals surface area (Å²) >= 11 is 0. The summed E-state index contributed by atoms with van der Waals surface area (Å²) in [5.41, 5.74) is 6.28. The van der Waals surface area contributed by atoms with Crippen molar-refractivity contribution in [3.05, 3.63) is 6.33 Å². The molecule has 7 heteroatoms. The van der Waals surface area contributed by atoms with E-state index in [1.165, 1.54) is 13.4 Å². The second-order valence-electron chi connectivity index (χ2n) is 3.84. The molecule has 102 valence electrons. The Morgan fingerprint density at radius 1 is 1.50 bits per heavy atom. The van der Waals surface area contributed by atoms with Gasteiger partial charge < -0.3 is 25.2 Å². The topological polar surface area (TPSA) is 93.7 Å². The van der Waals surface area contributed by atoms with Crippen LogP contribution in [0, 0.1) is 0 Å². The van der Waals surface area contributed by atoms with E-state index in [0.29, 0.717) is 30.5 Å². The van der Waals surface area contributed by atoms with Crippen LogP contribution in [0.25, 0.3) is 0 Å². The zero-order valence-electron chi connectivity index (χ0n) is 11.0. The van der Waals surface area contributed by atoms with Crippen LogP contribution in [0.2, 0.25) is 0 Å². The Hall–Kier alpha value is -1.60. The number of nitrogens with zero attached hydrogens (tertiary/aromatic N) is 3. The quantitative estimate of drug-likeness (QED) is 0.703. The van der Waals surface area contributed by atoms with Crippen molar-refractivity contribution in [3.8, 4) is 5.88 Å². The summed E-state index contributed by atoms with van der Waals surface area (Å²) in [7, 11) is 3.32. The van der Waals surface area contributed by atoms with Crippen LogP contribution >= 0.6 is 0 Å². The second-order valence-corrected chi connectivity index (χ2v) is 3.84. The van der Waals surface area contributed by atoms with Gasteiger partial charge in [-0.05, 0) is 6.92 Å². The molecule has 0 bridgehead atoms. The highest BCUT2D eigenvalue weighted by Gasteiger charge is 2.15. The Balaban J connectivity index is 2.78. The van der Waals surface area contributed by atoms with Crippen LogP contribution in [-0.2, 0) is 4.74 Å². The fraction of sp³-hybridized carbons (Fsp3) is 0.636. The lowest BCUT2D eigenvalue weighted by Crippen LogP contribution is -2.33. The normalized spacial score (nSPS) is 12.2. The third-order valence-electron chi connectivity index (χ3n) is 2.31. The van der Waals surface area contributed by atoms with Crippen LogP contribution in [0.15, 0.2) is 6.33 Å². The fourth-order valence-electron chi connectivity index (χ4n) is 1.57. The maximum Gasteiger partial charge on any atom is 0.242 e. The van der Waals surface area contributed by atoms with Crippen molar-refractivity contribution in [2.45, 2.75) is 13.0 Å². The van der Waals surface area contributed by atoms with Crippen LogP contribution in [-0.4, -0.2) is 55.1 Å². The standard InChI is InChI=1S/C11H20N4O3/c1-4-18-11-9(12)10(13-7-14-11)15(2)5-8(16)6-17-3/h7-8,16H,4-6,12H2,1-3H3. The molecule has 1 atom stereocenters. The van der Waals surface area contributed by atoms with Crippen molar-refractivity contribution in [1.82, 2.24) is 9.97 Å². The minimum absolute atomic E-state index is 0.258. The first-order valence-corrected chi connectivity index (χ1v) is 5.71. The molecule has 1 rings (SSSR count). The summed E-state index contributed by atoms with van der Waals surface area (Å²) in [6.07, 6.45) is 0.778. The molecule has 0 saturated carbocycles. The van der Waals surface area contributed by atoms with Gasteiger partial charge in [-0.3, -0.25) is 0 Å². The number of aliphatic hydroxyl groups is 1. The molecule has 7 nitrogen and oxygen atoms in total. The van der Waals surface area contributed by atoms with E-state index in [1.54, 1.807) is 11.9 Å². The second kappa shape index (κ2) is 6.97. The van der Waals surface area contributed by atoms with Crippen molar-refractivity contribution in [2.75, 3.05) is 44.5 Å². The summed E-state index contributed by atoms with van der Waals surface area (Å²) < 4.78 is 10.2. The van der Waals surface area contributed by atoms with Gasteiger partial charge in [0.1, 0.15) is 12.0 Å². The molecule has 1 aromatic rings. The maximum absolute atomic E-state index is 9.66. The first kappa shape index (κ1) is 14.5. The maximum atomic E-state index is 9.66. The fourth-order valence-corrected chi connectivity index (χ4v) is 1.57. The Kier molecular flexibility index (Phi) is 5.60. The smallest absolute Gasteiger partial charge is 0.242 e. The van der Waals surface area contributed by atoms with Crippen LogP contribution in [0.5, 0.6) is 5.88 Å². The third-order valence-corrected chi connectivity index (χ3v) is 2.31. The Bertz CT molecular complexity index is 375. The minimum Gasteiger partial charge on any atom is -0.476 e. The van der Waals surface area contributed by atoms with E-state index in [1.807, 2.05) is 6.92 Å². The molecule has 0 aliphatic rings. The van der Waals surface area contributed by atoms with Gasteiger partial charge in [-0.25, -0.2) is 4.98 Å². The molecule has 3 N–H and O–H groups in total. The van der Waals surface area contributed by atoms with E-state index >= 15 is 0 Å². The van der Waals surface area contributed by atoms with Crippen molar-refractivity contribution in [2.24, 2.45) is 0 Å². The highest BCUT2D eigenvalue weighted by atomic mass is 16.5. The summed E-state index contributed by atoms with van der Waals surface area (Å²) in [5.74, 6) is 0.888. The third kappa shape index (κ3) is 3.71. The Morgan fingerprint density at radius 2 is 2.22 bits per heavy atom. The lowest BCUT2D eigenvalue weighted by atomic mass is 10.3. The summed E-state index contributed by atoms with van der Waals surface area (Å²) in [6.45, 7) is 2.96. The lowest BCUT2D eigenvalue weighted by Gasteiger charge is -2.22. The van der Waals surface area contributed by atoms with Crippen LogP contribution in [0.3, 0.4) is 0 Å². The molecule has 0 saturated heterocycles. The molecule has 1 heterocycles.